The topological polar surface area (TPSA) is 38.8 Å². The summed E-state index contributed by atoms with van der Waals surface area (Å²) in [6.45, 7) is 6.04. The van der Waals surface area contributed by atoms with Gasteiger partial charge in [-0.2, -0.15) is 0 Å². The van der Waals surface area contributed by atoms with Gasteiger partial charge >= 0.3 is 5.97 Å². The second-order valence-corrected chi connectivity index (χ2v) is 4.49. The van der Waals surface area contributed by atoms with Crippen LogP contribution in [0.15, 0.2) is 30.3 Å². The van der Waals surface area contributed by atoms with Crippen LogP contribution in [0, 0.1) is 0 Å². The van der Waals surface area contributed by atoms with E-state index in [2.05, 4.69) is 4.90 Å². The summed E-state index contributed by atoms with van der Waals surface area (Å²) >= 11 is 0. The number of hydrogen-bond donors (Lipinski definition) is 0. The minimum atomic E-state index is -0.253. The highest BCUT2D eigenvalue weighted by Crippen LogP contribution is 2.06. The van der Waals surface area contributed by atoms with Crippen LogP contribution in [0.3, 0.4) is 0 Å². The SMILES string of the molecule is C[C@H](CN1CCOCC1)OC(=O)c1ccccc1. The van der Waals surface area contributed by atoms with Gasteiger partial charge < -0.3 is 9.47 Å². The van der Waals surface area contributed by atoms with E-state index in [4.69, 9.17) is 9.47 Å². The van der Waals surface area contributed by atoms with Gasteiger partial charge in [-0.1, -0.05) is 18.2 Å². The monoisotopic (exact) mass is 249 g/mol. The van der Waals surface area contributed by atoms with E-state index < -0.39 is 0 Å². The number of morpholine rings is 1. The highest BCUT2D eigenvalue weighted by Gasteiger charge is 2.17. The van der Waals surface area contributed by atoms with Crippen LogP contribution in [-0.2, 0) is 9.47 Å². The van der Waals surface area contributed by atoms with E-state index in [1.165, 1.54) is 0 Å². The molecule has 0 aliphatic carbocycles. The Balaban J connectivity index is 1.80. The third-order valence-electron chi connectivity index (χ3n) is 2.94. The lowest BCUT2D eigenvalue weighted by atomic mass is 10.2. The van der Waals surface area contributed by atoms with Crippen LogP contribution in [0.2, 0.25) is 0 Å². The fourth-order valence-corrected chi connectivity index (χ4v) is 2.01. The van der Waals surface area contributed by atoms with Gasteiger partial charge in [-0.3, -0.25) is 4.90 Å². The van der Waals surface area contributed by atoms with E-state index in [1.807, 2.05) is 25.1 Å². The van der Waals surface area contributed by atoms with Gasteiger partial charge in [-0.25, -0.2) is 4.79 Å². The Labute approximate surface area is 107 Å². The predicted octanol–water partition coefficient (Wildman–Crippen LogP) is 1.56. The summed E-state index contributed by atoms with van der Waals surface area (Å²) in [5, 5.41) is 0. The maximum Gasteiger partial charge on any atom is 0.338 e. The first-order valence-electron chi connectivity index (χ1n) is 6.32. The Kier molecular flexibility index (Phi) is 4.73. The van der Waals surface area contributed by atoms with Gasteiger partial charge in [0.1, 0.15) is 6.10 Å². The van der Waals surface area contributed by atoms with E-state index in [1.54, 1.807) is 12.1 Å². The Bertz CT molecular complexity index is 374. The molecule has 0 bridgehead atoms. The van der Waals surface area contributed by atoms with Crippen molar-refractivity contribution in [2.24, 2.45) is 0 Å². The summed E-state index contributed by atoms with van der Waals surface area (Å²) < 4.78 is 10.7. The molecular weight excluding hydrogens is 230 g/mol. The highest BCUT2D eigenvalue weighted by molar-refractivity contribution is 5.89. The maximum atomic E-state index is 11.8. The minimum absolute atomic E-state index is 0.101. The van der Waals surface area contributed by atoms with Crippen LogP contribution in [0.25, 0.3) is 0 Å². The second-order valence-electron chi connectivity index (χ2n) is 4.49. The van der Waals surface area contributed by atoms with E-state index in [0.29, 0.717) is 5.56 Å². The Morgan fingerprint density at radius 2 is 2.00 bits per heavy atom. The van der Waals surface area contributed by atoms with Crippen molar-refractivity contribution in [3.8, 4) is 0 Å². The molecule has 1 aromatic carbocycles. The predicted molar refractivity (Wildman–Crippen MR) is 68.6 cm³/mol. The Morgan fingerprint density at radius 3 is 2.67 bits per heavy atom. The summed E-state index contributed by atoms with van der Waals surface area (Å²) in [5.41, 5.74) is 0.603. The van der Waals surface area contributed by atoms with Gasteiger partial charge in [0.05, 0.1) is 18.8 Å². The fraction of sp³-hybridized carbons (Fsp3) is 0.500. The van der Waals surface area contributed by atoms with Crippen molar-refractivity contribution < 1.29 is 14.3 Å². The first-order valence-corrected chi connectivity index (χ1v) is 6.32. The van der Waals surface area contributed by atoms with E-state index in [0.717, 1.165) is 32.8 Å². The number of ether oxygens (including phenoxy) is 2. The van der Waals surface area contributed by atoms with E-state index in [9.17, 15) is 4.79 Å². The molecule has 1 atom stereocenters. The van der Waals surface area contributed by atoms with Crippen molar-refractivity contribution in [3.63, 3.8) is 0 Å². The van der Waals surface area contributed by atoms with Crippen LogP contribution < -0.4 is 0 Å². The molecule has 4 nitrogen and oxygen atoms in total. The van der Waals surface area contributed by atoms with Gasteiger partial charge in [0.15, 0.2) is 0 Å². The van der Waals surface area contributed by atoms with Gasteiger partial charge in [-0.15, -0.1) is 0 Å². The molecule has 0 radical (unpaired) electrons. The number of hydrogen-bond acceptors (Lipinski definition) is 4. The molecular formula is C14H19NO3. The molecule has 1 heterocycles. The quantitative estimate of drug-likeness (QED) is 0.759. The number of esters is 1. The van der Waals surface area contributed by atoms with Crippen LogP contribution in [0.4, 0.5) is 0 Å². The van der Waals surface area contributed by atoms with Crippen molar-refractivity contribution in [2.75, 3.05) is 32.8 Å². The summed E-state index contributed by atoms with van der Waals surface area (Å²) in [6, 6.07) is 9.09. The normalized spacial score (nSPS) is 18.3. The zero-order valence-corrected chi connectivity index (χ0v) is 10.7. The van der Waals surface area contributed by atoms with Crippen LogP contribution in [0.1, 0.15) is 17.3 Å². The molecule has 0 unspecified atom stereocenters. The largest absolute Gasteiger partial charge is 0.458 e. The average molecular weight is 249 g/mol. The van der Waals surface area contributed by atoms with Crippen molar-refractivity contribution >= 4 is 5.97 Å². The second kappa shape index (κ2) is 6.52. The molecule has 98 valence electrons. The fourth-order valence-electron chi connectivity index (χ4n) is 2.01. The highest BCUT2D eigenvalue weighted by atomic mass is 16.5. The molecule has 18 heavy (non-hydrogen) atoms. The van der Waals surface area contributed by atoms with Gasteiger partial charge in [0.2, 0.25) is 0 Å². The lowest BCUT2D eigenvalue weighted by Crippen LogP contribution is -2.41. The molecule has 1 aromatic rings. The van der Waals surface area contributed by atoms with Crippen LogP contribution in [-0.4, -0.2) is 49.8 Å². The molecule has 1 fully saturated rings. The number of carbonyl (C=O) groups is 1. The number of benzene rings is 1. The maximum absolute atomic E-state index is 11.8. The molecule has 0 spiro atoms. The molecule has 1 aliphatic rings. The number of carbonyl (C=O) groups excluding carboxylic acids is 1. The molecule has 2 rings (SSSR count). The van der Waals surface area contributed by atoms with Crippen LogP contribution >= 0.6 is 0 Å². The molecule has 1 aliphatic heterocycles. The van der Waals surface area contributed by atoms with Gasteiger partial charge in [0, 0.05) is 19.6 Å². The van der Waals surface area contributed by atoms with Gasteiger partial charge in [-0.05, 0) is 19.1 Å². The zero-order chi connectivity index (χ0) is 12.8. The average Bonchev–Trinajstić information content (AvgIpc) is 2.40. The van der Waals surface area contributed by atoms with Crippen molar-refractivity contribution in [1.29, 1.82) is 0 Å². The Hall–Kier alpha value is -1.39. The molecule has 4 heteroatoms. The van der Waals surface area contributed by atoms with Gasteiger partial charge in [0.25, 0.3) is 0 Å². The number of nitrogens with zero attached hydrogens (tertiary/aromatic N) is 1. The van der Waals surface area contributed by atoms with Crippen molar-refractivity contribution in [2.45, 2.75) is 13.0 Å². The minimum Gasteiger partial charge on any atom is -0.458 e. The smallest absolute Gasteiger partial charge is 0.338 e. The van der Waals surface area contributed by atoms with Crippen LogP contribution in [0.5, 0.6) is 0 Å². The van der Waals surface area contributed by atoms with E-state index in [-0.39, 0.29) is 12.1 Å². The first-order chi connectivity index (χ1) is 8.75. The molecule has 0 amide bonds. The molecule has 0 saturated carbocycles. The van der Waals surface area contributed by atoms with E-state index >= 15 is 0 Å². The van der Waals surface area contributed by atoms with Crippen molar-refractivity contribution in [1.82, 2.24) is 4.90 Å². The summed E-state index contributed by atoms with van der Waals surface area (Å²) in [7, 11) is 0. The zero-order valence-electron chi connectivity index (χ0n) is 10.7. The molecule has 0 N–H and O–H groups in total. The Morgan fingerprint density at radius 1 is 1.33 bits per heavy atom. The van der Waals surface area contributed by atoms with Crippen molar-refractivity contribution in [3.05, 3.63) is 35.9 Å². The lowest BCUT2D eigenvalue weighted by Gasteiger charge is -2.28. The number of rotatable bonds is 4. The standard InChI is InChI=1S/C14H19NO3/c1-12(11-15-7-9-17-10-8-15)18-14(16)13-5-3-2-4-6-13/h2-6,12H,7-11H2,1H3/t12-/m1/s1. The summed E-state index contributed by atoms with van der Waals surface area (Å²) in [6.07, 6.45) is -0.101. The molecule has 0 aromatic heterocycles. The first kappa shape index (κ1) is 13.1. The molecule has 1 saturated heterocycles. The third-order valence-corrected chi connectivity index (χ3v) is 2.94. The summed E-state index contributed by atoms with van der Waals surface area (Å²) in [4.78, 5) is 14.1. The summed E-state index contributed by atoms with van der Waals surface area (Å²) in [5.74, 6) is -0.253. The third kappa shape index (κ3) is 3.82. The lowest BCUT2D eigenvalue weighted by molar-refractivity contribution is 0.000448.